The van der Waals surface area contributed by atoms with Crippen LogP contribution in [-0.2, 0) is 9.22 Å². The summed E-state index contributed by atoms with van der Waals surface area (Å²) in [6.07, 6.45) is 1.97. The molecule has 0 aromatic heterocycles. The molecule has 1 fully saturated rings. The largest absolute Gasteiger partial charge is 0.417 e. The molecule has 0 saturated carbocycles. The molecule has 0 aliphatic carbocycles. The second-order valence-electron chi connectivity index (χ2n) is 8.93. The third kappa shape index (κ3) is 5.31. The molecule has 1 amide bonds. The molecule has 2 atom stereocenters. The van der Waals surface area contributed by atoms with Crippen molar-refractivity contribution in [2.75, 3.05) is 13.3 Å². The molecule has 1 saturated heterocycles. The Bertz CT molecular complexity index is 678. The van der Waals surface area contributed by atoms with Crippen LogP contribution < -0.4 is 5.73 Å². The first-order valence-corrected chi connectivity index (χ1v) is 12.8. The number of benzene rings is 1. The van der Waals surface area contributed by atoms with Gasteiger partial charge in [-0.3, -0.25) is 4.79 Å². The van der Waals surface area contributed by atoms with Gasteiger partial charge in [0.1, 0.15) is 5.82 Å². The molecule has 2 N–H and O–H groups in total. The van der Waals surface area contributed by atoms with Gasteiger partial charge in [-0.15, -0.1) is 0 Å². The highest BCUT2D eigenvalue weighted by atomic mass is 35.5. The minimum absolute atomic E-state index is 0.00796. The Morgan fingerprint density at radius 3 is 2.63 bits per heavy atom. The van der Waals surface area contributed by atoms with Crippen LogP contribution in [0.15, 0.2) is 18.2 Å². The van der Waals surface area contributed by atoms with Crippen LogP contribution in [0.1, 0.15) is 51.6 Å². The fourth-order valence-corrected chi connectivity index (χ4v) is 4.58. The maximum Gasteiger partial charge on any atom is 0.224 e. The highest BCUT2D eigenvalue weighted by Gasteiger charge is 2.38. The third-order valence-corrected chi connectivity index (χ3v) is 10.9. The van der Waals surface area contributed by atoms with Crippen LogP contribution in [0.5, 0.6) is 0 Å². The monoisotopic (exact) mass is 414 g/mol. The van der Waals surface area contributed by atoms with Crippen molar-refractivity contribution in [1.82, 2.24) is 4.90 Å². The normalized spacial score (nSPS) is 21.6. The van der Waals surface area contributed by atoms with Gasteiger partial charge in [0.05, 0.1) is 12.7 Å². The average molecular weight is 415 g/mol. The summed E-state index contributed by atoms with van der Waals surface area (Å²) < 4.78 is 20.0. The average Bonchev–Trinajstić information content (AvgIpc) is 2.55. The third-order valence-electron chi connectivity index (χ3n) is 6.03. The second-order valence-corrected chi connectivity index (χ2v) is 14.1. The highest BCUT2D eigenvalue weighted by Crippen LogP contribution is 2.40. The molecular formula is C20H32ClFN2O2Si. The zero-order valence-electron chi connectivity index (χ0n) is 17.0. The van der Waals surface area contributed by atoms with Crippen LogP contribution in [-0.4, -0.2) is 32.4 Å². The van der Waals surface area contributed by atoms with Crippen LogP contribution in [0.3, 0.4) is 0 Å². The maximum atomic E-state index is 13.8. The molecule has 7 heteroatoms. The zero-order valence-corrected chi connectivity index (χ0v) is 18.8. The molecule has 152 valence electrons. The van der Waals surface area contributed by atoms with Crippen molar-refractivity contribution in [3.8, 4) is 0 Å². The quantitative estimate of drug-likeness (QED) is 0.659. The fraction of sp³-hybridized carbons (Fsp3) is 0.650. The molecule has 1 heterocycles. The SMILES string of the molecule is CC(C)(C)[Si](C)(C)OCCC1CC(=O)N(CN)C(c2cc(F)ccc2Cl)C1. The highest BCUT2D eigenvalue weighted by molar-refractivity contribution is 6.74. The molecule has 0 spiro atoms. The number of halogens is 2. The number of amides is 1. The van der Waals surface area contributed by atoms with E-state index in [2.05, 4.69) is 33.9 Å². The van der Waals surface area contributed by atoms with Crippen LogP contribution in [0.4, 0.5) is 4.39 Å². The van der Waals surface area contributed by atoms with E-state index in [0.29, 0.717) is 30.0 Å². The summed E-state index contributed by atoms with van der Waals surface area (Å²) in [5.41, 5.74) is 6.44. The Balaban J connectivity index is 2.10. The number of nitrogens with zero attached hydrogens (tertiary/aromatic N) is 1. The molecule has 2 unspecified atom stereocenters. The Labute approximate surface area is 168 Å². The summed E-state index contributed by atoms with van der Waals surface area (Å²) in [4.78, 5) is 14.2. The van der Waals surface area contributed by atoms with Crippen molar-refractivity contribution in [1.29, 1.82) is 0 Å². The molecule has 1 aromatic carbocycles. The van der Waals surface area contributed by atoms with Gasteiger partial charge >= 0.3 is 0 Å². The number of nitrogens with two attached hydrogens (primary N) is 1. The van der Waals surface area contributed by atoms with Gasteiger partial charge in [0.15, 0.2) is 8.32 Å². The number of carbonyl (C=O) groups excluding carboxylic acids is 1. The van der Waals surface area contributed by atoms with Crippen molar-refractivity contribution in [3.05, 3.63) is 34.6 Å². The van der Waals surface area contributed by atoms with Crippen molar-refractivity contribution < 1.29 is 13.6 Å². The van der Waals surface area contributed by atoms with Crippen molar-refractivity contribution in [2.45, 2.75) is 64.2 Å². The molecule has 4 nitrogen and oxygen atoms in total. The molecular weight excluding hydrogens is 383 g/mol. The Morgan fingerprint density at radius 1 is 1.37 bits per heavy atom. The van der Waals surface area contributed by atoms with Gasteiger partial charge in [0.2, 0.25) is 5.91 Å². The van der Waals surface area contributed by atoms with Crippen molar-refractivity contribution >= 4 is 25.8 Å². The van der Waals surface area contributed by atoms with Gasteiger partial charge in [-0.1, -0.05) is 32.4 Å². The predicted molar refractivity (Wildman–Crippen MR) is 111 cm³/mol. The molecule has 2 rings (SSSR count). The van der Waals surface area contributed by atoms with E-state index in [0.717, 1.165) is 6.42 Å². The number of carbonyl (C=O) groups is 1. The van der Waals surface area contributed by atoms with Gasteiger partial charge in [-0.05, 0) is 60.7 Å². The standard InChI is InChI=1S/C20H32ClFN2O2Si/c1-20(2,3)27(4,5)26-9-8-14-10-18(24(13-23)19(25)11-14)16-12-15(22)6-7-17(16)21/h6-7,12,14,18H,8-11,13,23H2,1-5H3. The maximum absolute atomic E-state index is 13.8. The van der Waals surface area contributed by atoms with E-state index in [-0.39, 0.29) is 35.4 Å². The first-order valence-electron chi connectivity index (χ1n) is 9.54. The van der Waals surface area contributed by atoms with E-state index < -0.39 is 8.32 Å². The van der Waals surface area contributed by atoms with E-state index in [4.69, 9.17) is 21.8 Å². The van der Waals surface area contributed by atoms with Crippen LogP contribution in [0.25, 0.3) is 0 Å². The zero-order chi connectivity index (χ0) is 20.4. The summed E-state index contributed by atoms with van der Waals surface area (Å²) >= 11 is 6.30. The Kier molecular flexibility index (Phi) is 7.11. The van der Waals surface area contributed by atoms with Gasteiger partial charge in [0, 0.05) is 18.1 Å². The summed E-state index contributed by atoms with van der Waals surface area (Å²) in [6.45, 7) is 11.8. The van der Waals surface area contributed by atoms with Gasteiger partial charge in [-0.2, -0.15) is 0 Å². The Morgan fingerprint density at radius 2 is 2.04 bits per heavy atom. The first kappa shape index (κ1) is 22.3. The molecule has 1 aromatic rings. The first-order chi connectivity index (χ1) is 12.5. The van der Waals surface area contributed by atoms with E-state index in [1.54, 1.807) is 4.90 Å². The summed E-state index contributed by atoms with van der Waals surface area (Å²) in [7, 11) is -1.81. The lowest BCUT2D eigenvalue weighted by molar-refractivity contribution is -0.138. The number of rotatable bonds is 6. The van der Waals surface area contributed by atoms with E-state index >= 15 is 0 Å². The minimum atomic E-state index is -1.81. The smallest absolute Gasteiger partial charge is 0.224 e. The van der Waals surface area contributed by atoms with Gasteiger partial charge in [0.25, 0.3) is 0 Å². The number of piperidine rings is 1. The molecule has 27 heavy (non-hydrogen) atoms. The Hall–Kier alpha value is -0.953. The number of hydrogen-bond donors (Lipinski definition) is 1. The molecule has 1 aliphatic heterocycles. The summed E-state index contributed by atoms with van der Waals surface area (Å²) in [6, 6.07) is 3.98. The van der Waals surface area contributed by atoms with Crippen molar-refractivity contribution in [2.24, 2.45) is 11.7 Å². The number of likely N-dealkylation sites (tertiary alicyclic amines) is 1. The second kappa shape index (κ2) is 8.60. The lowest BCUT2D eigenvalue weighted by atomic mass is 9.85. The van der Waals surface area contributed by atoms with Gasteiger partial charge < -0.3 is 15.1 Å². The van der Waals surface area contributed by atoms with E-state index in [9.17, 15) is 9.18 Å². The molecule has 0 bridgehead atoms. The van der Waals surface area contributed by atoms with Crippen LogP contribution in [0, 0.1) is 11.7 Å². The topological polar surface area (TPSA) is 55.6 Å². The van der Waals surface area contributed by atoms with Crippen LogP contribution in [0.2, 0.25) is 23.2 Å². The van der Waals surface area contributed by atoms with Gasteiger partial charge in [-0.25, -0.2) is 4.39 Å². The lowest BCUT2D eigenvalue weighted by Crippen LogP contribution is -2.45. The van der Waals surface area contributed by atoms with E-state index in [1.165, 1.54) is 18.2 Å². The molecule has 0 radical (unpaired) electrons. The van der Waals surface area contributed by atoms with Crippen LogP contribution >= 0.6 is 11.6 Å². The lowest BCUT2D eigenvalue weighted by Gasteiger charge is -2.40. The predicted octanol–water partition coefficient (Wildman–Crippen LogP) is 5.09. The fourth-order valence-electron chi connectivity index (χ4n) is 3.28. The summed E-state index contributed by atoms with van der Waals surface area (Å²) in [5.74, 6) is -0.192. The minimum Gasteiger partial charge on any atom is -0.417 e. The van der Waals surface area contributed by atoms with Crippen molar-refractivity contribution in [3.63, 3.8) is 0 Å². The number of hydrogen-bond acceptors (Lipinski definition) is 3. The molecule has 1 aliphatic rings. The van der Waals surface area contributed by atoms with E-state index in [1.807, 2.05) is 0 Å². The summed E-state index contributed by atoms with van der Waals surface area (Å²) in [5, 5.41) is 0.620.